The minimum atomic E-state index is -0.227. The lowest BCUT2D eigenvalue weighted by Crippen LogP contribution is -2.11. The van der Waals surface area contributed by atoms with E-state index in [0.29, 0.717) is 16.2 Å². The second kappa shape index (κ2) is 6.40. The zero-order valence-electron chi connectivity index (χ0n) is 13.4. The number of hydrogen-bond donors (Lipinski definition) is 1. The van der Waals surface area contributed by atoms with Crippen LogP contribution in [-0.2, 0) is 6.54 Å². The first kappa shape index (κ1) is 15.4. The van der Waals surface area contributed by atoms with Crippen LogP contribution in [0.25, 0.3) is 22.4 Å². The van der Waals surface area contributed by atoms with Crippen molar-refractivity contribution >= 4 is 33.4 Å². The van der Waals surface area contributed by atoms with E-state index in [1.54, 1.807) is 23.0 Å². The van der Waals surface area contributed by atoms with Gasteiger partial charge in [0.2, 0.25) is 0 Å². The molecule has 3 aromatic heterocycles. The molecule has 4 rings (SSSR count). The molecule has 1 aromatic carbocycles. The van der Waals surface area contributed by atoms with E-state index in [-0.39, 0.29) is 5.91 Å². The third-order valence-electron chi connectivity index (χ3n) is 3.73. The number of benzene rings is 1. The molecule has 25 heavy (non-hydrogen) atoms. The molecule has 0 aliphatic rings. The molecule has 4 aromatic rings. The largest absolute Gasteiger partial charge is 0.298 e. The van der Waals surface area contributed by atoms with Gasteiger partial charge in [-0.3, -0.25) is 15.1 Å². The molecule has 0 fully saturated rings. The molecule has 7 nitrogen and oxygen atoms in total. The second-order valence-electron chi connectivity index (χ2n) is 5.32. The van der Waals surface area contributed by atoms with E-state index in [9.17, 15) is 4.79 Å². The Balaban J connectivity index is 1.55. The average Bonchev–Trinajstić information content (AvgIpc) is 3.28. The van der Waals surface area contributed by atoms with Gasteiger partial charge in [-0.05, 0) is 37.3 Å². The molecule has 0 bridgehead atoms. The molecular weight excluding hydrogens is 336 g/mol. The van der Waals surface area contributed by atoms with Crippen molar-refractivity contribution in [1.82, 2.24) is 25.0 Å². The van der Waals surface area contributed by atoms with Gasteiger partial charge >= 0.3 is 0 Å². The van der Waals surface area contributed by atoms with Crippen molar-refractivity contribution in [3.63, 3.8) is 0 Å². The Morgan fingerprint density at radius 1 is 1.24 bits per heavy atom. The van der Waals surface area contributed by atoms with Crippen LogP contribution < -0.4 is 5.32 Å². The maximum atomic E-state index is 12.5. The van der Waals surface area contributed by atoms with Crippen LogP contribution in [0.4, 0.5) is 5.13 Å². The monoisotopic (exact) mass is 350 g/mol. The van der Waals surface area contributed by atoms with Gasteiger partial charge < -0.3 is 0 Å². The Labute approximate surface area is 147 Å². The summed E-state index contributed by atoms with van der Waals surface area (Å²) in [5.74, 6) is -0.227. The van der Waals surface area contributed by atoms with Crippen LogP contribution >= 0.6 is 11.3 Å². The Hall–Kier alpha value is -3.13. The van der Waals surface area contributed by atoms with Crippen LogP contribution in [0.3, 0.4) is 0 Å². The molecule has 0 atom stereocenters. The highest BCUT2D eigenvalue weighted by Crippen LogP contribution is 2.24. The first-order valence-corrected chi connectivity index (χ1v) is 8.64. The maximum absolute atomic E-state index is 12.5. The van der Waals surface area contributed by atoms with Crippen LogP contribution in [0, 0.1) is 0 Å². The smallest absolute Gasteiger partial charge is 0.257 e. The van der Waals surface area contributed by atoms with E-state index in [1.165, 1.54) is 11.3 Å². The number of carbonyl (C=O) groups excluding carboxylic acids is 1. The van der Waals surface area contributed by atoms with Gasteiger partial charge in [0.05, 0.1) is 11.2 Å². The number of carbonyl (C=O) groups is 1. The standard InChI is InChI=1S/C17H14N6OS/c1-2-23-15-7-6-11(9-13(15)21-22-23)16(24)20-17-19-14(10-25-17)12-5-3-4-8-18-12/h3-10H,2H2,1H3,(H,19,20,24). The molecule has 0 aliphatic heterocycles. The summed E-state index contributed by atoms with van der Waals surface area (Å²) in [5, 5.41) is 13.4. The van der Waals surface area contributed by atoms with Crippen LogP contribution in [0.2, 0.25) is 0 Å². The third kappa shape index (κ3) is 2.99. The van der Waals surface area contributed by atoms with Crippen LogP contribution in [0.15, 0.2) is 48.0 Å². The molecule has 3 heterocycles. The third-order valence-corrected chi connectivity index (χ3v) is 4.49. The SMILES string of the molecule is CCn1nnc2cc(C(=O)Nc3nc(-c4ccccn4)cs3)ccc21. The fraction of sp³-hybridized carbons (Fsp3) is 0.118. The lowest BCUT2D eigenvalue weighted by molar-refractivity contribution is 0.102. The van der Waals surface area contributed by atoms with Crippen LogP contribution in [0.5, 0.6) is 0 Å². The van der Waals surface area contributed by atoms with E-state index in [0.717, 1.165) is 23.4 Å². The minimum absolute atomic E-state index is 0.227. The van der Waals surface area contributed by atoms with Crippen molar-refractivity contribution in [2.75, 3.05) is 5.32 Å². The molecule has 1 N–H and O–H groups in total. The molecular formula is C17H14N6OS. The summed E-state index contributed by atoms with van der Waals surface area (Å²) >= 11 is 1.36. The molecule has 1 amide bonds. The number of hydrogen-bond acceptors (Lipinski definition) is 6. The van der Waals surface area contributed by atoms with E-state index in [2.05, 4.69) is 25.6 Å². The number of aromatic nitrogens is 5. The van der Waals surface area contributed by atoms with Crippen molar-refractivity contribution in [3.8, 4) is 11.4 Å². The van der Waals surface area contributed by atoms with Gasteiger partial charge in [0.15, 0.2) is 5.13 Å². The van der Waals surface area contributed by atoms with Crippen molar-refractivity contribution in [1.29, 1.82) is 0 Å². The Morgan fingerprint density at radius 3 is 2.96 bits per heavy atom. The quantitative estimate of drug-likeness (QED) is 0.611. The fourth-order valence-corrected chi connectivity index (χ4v) is 3.18. The van der Waals surface area contributed by atoms with Crippen molar-refractivity contribution < 1.29 is 4.79 Å². The summed E-state index contributed by atoms with van der Waals surface area (Å²) in [5.41, 5.74) is 3.64. The highest BCUT2D eigenvalue weighted by molar-refractivity contribution is 7.14. The fourth-order valence-electron chi connectivity index (χ4n) is 2.48. The van der Waals surface area contributed by atoms with E-state index in [4.69, 9.17) is 0 Å². The number of nitrogens with one attached hydrogen (secondary N) is 1. The molecule has 0 aliphatic carbocycles. The Bertz CT molecular complexity index is 1040. The topological polar surface area (TPSA) is 85.6 Å². The minimum Gasteiger partial charge on any atom is -0.298 e. The van der Waals surface area contributed by atoms with Crippen molar-refractivity contribution in [3.05, 3.63) is 53.5 Å². The first-order chi connectivity index (χ1) is 12.2. The summed E-state index contributed by atoms with van der Waals surface area (Å²) in [6.45, 7) is 2.73. The highest BCUT2D eigenvalue weighted by Gasteiger charge is 2.12. The zero-order valence-corrected chi connectivity index (χ0v) is 14.2. The lowest BCUT2D eigenvalue weighted by atomic mass is 10.2. The number of nitrogens with zero attached hydrogens (tertiary/aromatic N) is 5. The first-order valence-electron chi connectivity index (χ1n) is 7.76. The molecule has 0 saturated heterocycles. The number of amides is 1. The average molecular weight is 350 g/mol. The predicted molar refractivity (Wildman–Crippen MR) is 96.5 cm³/mol. The maximum Gasteiger partial charge on any atom is 0.257 e. The molecule has 8 heteroatoms. The van der Waals surface area contributed by atoms with Gasteiger partial charge in [0.1, 0.15) is 11.2 Å². The molecule has 0 unspecified atom stereocenters. The number of aryl methyl sites for hydroxylation is 1. The summed E-state index contributed by atoms with van der Waals surface area (Å²) in [7, 11) is 0. The van der Waals surface area contributed by atoms with Gasteiger partial charge in [-0.25, -0.2) is 9.67 Å². The van der Waals surface area contributed by atoms with E-state index >= 15 is 0 Å². The normalized spacial score (nSPS) is 10.9. The van der Waals surface area contributed by atoms with Gasteiger partial charge in [-0.2, -0.15) is 0 Å². The number of thiazole rings is 1. The van der Waals surface area contributed by atoms with E-state index < -0.39 is 0 Å². The molecule has 124 valence electrons. The lowest BCUT2D eigenvalue weighted by Gasteiger charge is -2.02. The van der Waals surface area contributed by atoms with Gasteiger partial charge in [0, 0.05) is 23.7 Å². The summed E-state index contributed by atoms with van der Waals surface area (Å²) in [6.07, 6.45) is 1.71. The molecule has 0 radical (unpaired) electrons. The Morgan fingerprint density at radius 2 is 2.16 bits per heavy atom. The highest BCUT2D eigenvalue weighted by atomic mass is 32.1. The van der Waals surface area contributed by atoms with Gasteiger partial charge in [0.25, 0.3) is 5.91 Å². The number of pyridine rings is 1. The predicted octanol–water partition coefficient (Wildman–Crippen LogP) is 3.22. The molecule has 0 spiro atoms. The number of rotatable bonds is 4. The second-order valence-corrected chi connectivity index (χ2v) is 6.17. The number of fused-ring (bicyclic) bond motifs is 1. The Kier molecular flexibility index (Phi) is 3.95. The van der Waals surface area contributed by atoms with E-state index in [1.807, 2.05) is 36.6 Å². The summed E-state index contributed by atoms with van der Waals surface area (Å²) in [4.78, 5) is 21.1. The number of anilines is 1. The zero-order chi connectivity index (χ0) is 17.2. The summed E-state index contributed by atoms with van der Waals surface area (Å²) in [6, 6.07) is 11.0. The van der Waals surface area contributed by atoms with Crippen LogP contribution in [0.1, 0.15) is 17.3 Å². The van der Waals surface area contributed by atoms with Gasteiger partial charge in [-0.15, -0.1) is 16.4 Å². The van der Waals surface area contributed by atoms with Gasteiger partial charge in [-0.1, -0.05) is 11.3 Å². The van der Waals surface area contributed by atoms with Crippen molar-refractivity contribution in [2.45, 2.75) is 13.5 Å². The summed E-state index contributed by atoms with van der Waals surface area (Å²) < 4.78 is 1.79. The van der Waals surface area contributed by atoms with Crippen molar-refractivity contribution in [2.24, 2.45) is 0 Å². The van der Waals surface area contributed by atoms with Crippen LogP contribution in [-0.4, -0.2) is 30.9 Å². The molecule has 0 saturated carbocycles.